The predicted molar refractivity (Wildman–Crippen MR) is 86.4 cm³/mol. The number of anilines is 2. The van der Waals surface area contributed by atoms with E-state index in [9.17, 15) is 0 Å². The number of aromatic nitrogens is 1. The minimum absolute atomic E-state index is 0.127. The van der Waals surface area contributed by atoms with Crippen molar-refractivity contribution in [1.82, 2.24) is 4.98 Å². The molecule has 1 aliphatic heterocycles. The minimum atomic E-state index is 0.127. The lowest BCUT2D eigenvalue weighted by Gasteiger charge is -2.18. The van der Waals surface area contributed by atoms with Gasteiger partial charge in [0.2, 0.25) is 0 Å². The van der Waals surface area contributed by atoms with Crippen LogP contribution in [-0.2, 0) is 18.4 Å². The number of hydrogen-bond donors (Lipinski definition) is 1. The van der Waals surface area contributed by atoms with Crippen molar-refractivity contribution in [3.05, 3.63) is 39.8 Å². The van der Waals surface area contributed by atoms with Crippen LogP contribution in [0.2, 0.25) is 0 Å². The van der Waals surface area contributed by atoms with E-state index in [0.29, 0.717) is 0 Å². The van der Waals surface area contributed by atoms with Crippen molar-refractivity contribution in [2.45, 2.75) is 39.2 Å². The number of nitrogen functional groups attached to an aromatic ring is 1. The zero-order chi connectivity index (χ0) is 14.3. The predicted octanol–water partition coefficient (Wildman–Crippen LogP) is 3.59. The van der Waals surface area contributed by atoms with Gasteiger partial charge in [0.1, 0.15) is 5.01 Å². The summed E-state index contributed by atoms with van der Waals surface area (Å²) in [5, 5.41) is 3.37. The number of rotatable bonds is 2. The average molecular weight is 287 g/mol. The third-order valence-electron chi connectivity index (χ3n) is 3.81. The molecule has 4 heteroatoms. The van der Waals surface area contributed by atoms with Crippen LogP contribution >= 0.6 is 11.3 Å². The number of nitrogens with two attached hydrogens (primary N) is 1. The van der Waals surface area contributed by atoms with Crippen LogP contribution < -0.4 is 10.6 Å². The quantitative estimate of drug-likeness (QED) is 0.858. The summed E-state index contributed by atoms with van der Waals surface area (Å²) in [6, 6.07) is 6.19. The van der Waals surface area contributed by atoms with Crippen molar-refractivity contribution in [3.63, 3.8) is 0 Å². The molecule has 0 fully saturated rings. The molecule has 3 rings (SSSR count). The molecule has 0 bridgehead atoms. The van der Waals surface area contributed by atoms with Gasteiger partial charge in [-0.25, -0.2) is 4.98 Å². The van der Waals surface area contributed by atoms with Crippen LogP contribution in [0.15, 0.2) is 23.6 Å². The maximum atomic E-state index is 6.05. The highest BCUT2D eigenvalue weighted by Gasteiger charge is 2.23. The summed E-state index contributed by atoms with van der Waals surface area (Å²) < 4.78 is 0. The molecule has 0 radical (unpaired) electrons. The molecule has 1 aromatic carbocycles. The van der Waals surface area contributed by atoms with Gasteiger partial charge < -0.3 is 10.6 Å². The number of thiazole rings is 1. The van der Waals surface area contributed by atoms with Crippen molar-refractivity contribution in [2.24, 2.45) is 0 Å². The summed E-state index contributed by atoms with van der Waals surface area (Å²) in [6.45, 7) is 8.54. The average Bonchev–Trinajstić information content (AvgIpc) is 2.98. The summed E-state index contributed by atoms with van der Waals surface area (Å²) >= 11 is 1.76. The summed E-state index contributed by atoms with van der Waals surface area (Å²) in [5.74, 6) is 0. The molecule has 2 N–H and O–H groups in total. The molecule has 1 aliphatic rings. The van der Waals surface area contributed by atoms with Crippen LogP contribution in [0, 0.1) is 0 Å². The first-order chi connectivity index (χ1) is 9.45. The van der Waals surface area contributed by atoms with Crippen molar-refractivity contribution >= 4 is 22.7 Å². The minimum Gasteiger partial charge on any atom is -0.398 e. The Hall–Kier alpha value is -1.55. The fourth-order valence-electron chi connectivity index (χ4n) is 2.58. The van der Waals surface area contributed by atoms with Gasteiger partial charge in [-0.05, 0) is 18.6 Å². The topological polar surface area (TPSA) is 42.1 Å². The van der Waals surface area contributed by atoms with Crippen LogP contribution in [0.4, 0.5) is 11.4 Å². The first-order valence-corrected chi connectivity index (χ1v) is 7.90. The SMILES string of the molecule is CC(C)(C)c1csc(CN2CCc3c(N)cccc32)n1. The van der Waals surface area contributed by atoms with E-state index in [1.807, 2.05) is 12.1 Å². The summed E-state index contributed by atoms with van der Waals surface area (Å²) in [4.78, 5) is 7.17. The lowest BCUT2D eigenvalue weighted by atomic mass is 9.93. The highest BCUT2D eigenvalue weighted by molar-refractivity contribution is 7.09. The van der Waals surface area contributed by atoms with Gasteiger partial charge in [-0.2, -0.15) is 0 Å². The van der Waals surface area contributed by atoms with Gasteiger partial charge in [-0.15, -0.1) is 11.3 Å². The summed E-state index contributed by atoms with van der Waals surface area (Å²) in [5.41, 5.74) is 10.8. The molecule has 0 aliphatic carbocycles. The highest BCUT2D eigenvalue weighted by Crippen LogP contribution is 2.34. The van der Waals surface area contributed by atoms with E-state index in [-0.39, 0.29) is 5.41 Å². The first-order valence-electron chi connectivity index (χ1n) is 7.02. The molecule has 2 heterocycles. The van der Waals surface area contributed by atoms with Crippen LogP contribution in [0.3, 0.4) is 0 Å². The molecule has 0 saturated heterocycles. The summed E-state index contributed by atoms with van der Waals surface area (Å²) in [6.07, 6.45) is 1.04. The van der Waals surface area contributed by atoms with E-state index in [0.717, 1.165) is 25.2 Å². The van der Waals surface area contributed by atoms with Crippen molar-refractivity contribution in [3.8, 4) is 0 Å². The normalized spacial score (nSPS) is 14.7. The Morgan fingerprint density at radius 3 is 2.85 bits per heavy atom. The second kappa shape index (κ2) is 4.77. The van der Waals surface area contributed by atoms with Crippen LogP contribution in [0.1, 0.15) is 37.0 Å². The largest absolute Gasteiger partial charge is 0.398 e. The maximum Gasteiger partial charge on any atom is 0.112 e. The van der Waals surface area contributed by atoms with E-state index in [1.54, 1.807) is 11.3 Å². The zero-order valence-electron chi connectivity index (χ0n) is 12.3. The molecule has 0 amide bonds. The third kappa shape index (κ3) is 2.40. The Balaban J connectivity index is 1.81. The molecular formula is C16H21N3S. The van der Waals surface area contributed by atoms with Gasteiger partial charge in [-0.1, -0.05) is 26.8 Å². The third-order valence-corrected chi connectivity index (χ3v) is 4.64. The molecule has 20 heavy (non-hydrogen) atoms. The van der Waals surface area contributed by atoms with Crippen LogP contribution in [0.25, 0.3) is 0 Å². The lowest BCUT2D eigenvalue weighted by molar-refractivity contribution is 0.570. The van der Waals surface area contributed by atoms with Gasteiger partial charge in [0.05, 0.1) is 12.2 Å². The van der Waals surface area contributed by atoms with Crippen molar-refractivity contribution in [1.29, 1.82) is 0 Å². The zero-order valence-corrected chi connectivity index (χ0v) is 13.1. The number of benzene rings is 1. The van der Waals surface area contributed by atoms with Crippen molar-refractivity contribution in [2.75, 3.05) is 17.2 Å². The lowest BCUT2D eigenvalue weighted by Crippen LogP contribution is -2.20. The van der Waals surface area contributed by atoms with Crippen LogP contribution in [0.5, 0.6) is 0 Å². The molecule has 1 aromatic heterocycles. The Morgan fingerprint density at radius 2 is 2.15 bits per heavy atom. The molecule has 3 nitrogen and oxygen atoms in total. The first kappa shape index (κ1) is 13.4. The summed E-state index contributed by atoms with van der Waals surface area (Å²) in [7, 11) is 0. The maximum absolute atomic E-state index is 6.05. The Morgan fingerprint density at radius 1 is 1.35 bits per heavy atom. The number of fused-ring (bicyclic) bond motifs is 1. The van der Waals surface area contributed by atoms with Gasteiger partial charge >= 0.3 is 0 Å². The molecule has 106 valence electrons. The monoisotopic (exact) mass is 287 g/mol. The van der Waals surface area contributed by atoms with E-state index < -0.39 is 0 Å². The molecule has 0 spiro atoms. The van der Waals surface area contributed by atoms with Gasteiger partial charge in [0.25, 0.3) is 0 Å². The highest BCUT2D eigenvalue weighted by atomic mass is 32.1. The Kier molecular flexibility index (Phi) is 3.21. The standard InChI is InChI=1S/C16H21N3S/c1-16(2,3)14-10-20-15(18-14)9-19-8-7-11-12(17)5-4-6-13(11)19/h4-6,10H,7-9,17H2,1-3H3. The molecule has 2 aromatic rings. The van der Waals surface area contributed by atoms with Gasteiger partial charge in [0, 0.05) is 34.3 Å². The Bertz CT molecular complexity index is 625. The van der Waals surface area contributed by atoms with Crippen LogP contribution in [-0.4, -0.2) is 11.5 Å². The fraction of sp³-hybridized carbons (Fsp3) is 0.438. The molecule has 0 unspecified atom stereocenters. The number of nitrogens with zero attached hydrogens (tertiary/aromatic N) is 2. The second-order valence-electron chi connectivity index (χ2n) is 6.39. The molecular weight excluding hydrogens is 266 g/mol. The fourth-order valence-corrected chi connectivity index (χ4v) is 3.62. The molecule has 0 saturated carbocycles. The second-order valence-corrected chi connectivity index (χ2v) is 7.34. The van der Waals surface area contributed by atoms with E-state index in [2.05, 4.69) is 37.1 Å². The molecule has 0 atom stereocenters. The van der Waals surface area contributed by atoms with Crippen molar-refractivity contribution < 1.29 is 0 Å². The van der Waals surface area contributed by atoms with Gasteiger partial charge in [0.15, 0.2) is 0 Å². The van der Waals surface area contributed by atoms with E-state index in [1.165, 1.54) is 22.0 Å². The Labute approximate surface area is 124 Å². The number of hydrogen-bond acceptors (Lipinski definition) is 4. The smallest absolute Gasteiger partial charge is 0.112 e. The van der Waals surface area contributed by atoms with E-state index in [4.69, 9.17) is 10.7 Å². The van der Waals surface area contributed by atoms with E-state index >= 15 is 0 Å². The van der Waals surface area contributed by atoms with Gasteiger partial charge in [-0.3, -0.25) is 0 Å².